The zero-order valence-electron chi connectivity index (χ0n) is 12.7. The van der Waals surface area contributed by atoms with Crippen molar-refractivity contribution < 1.29 is 19.1 Å². The number of rotatable bonds is 7. The third-order valence-corrected chi connectivity index (χ3v) is 2.86. The summed E-state index contributed by atoms with van der Waals surface area (Å²) >= 11 is 0. The molecule has 0 aliphatic rings. The molecule has 0 heterocycles. The second-order valence-corrected chi connectivity index (χ2v) is 4.47. The third-order valence-electron chi connectivity index (χ3n) is 2.86. The summed E-state index contributed by atoms with van der Waals surface area (Å²) in [4.78, 5) is 25.0. The van der Waals surface area contributed by atoms with Gasteiger partial charge in [0.15, 0.2) is 0 Å². The molecular formula is C15H22N2O4. The van der Waals surface area contributed by atoms with Crippen LogP contribution in [0, 0.1) is 0 Å². The molecule has 1 amide bonds. The van der Waals surface area contributed by atoms with E-state index >= 15 is 0 Å². The first-order chi connectivity index (χ1) is 9.99. The number of benzene rings is 1. The van der Waals surface area contributed by atoms with Crippen LogP contribution in [0.3, 0.4) is 0 Å². The van der Waals surface area contributed by atoms with Crippen molar-refractivity contribution in [2.24, 2.45) is 0 Å². The predicted molar refractivity (Wildman–Crippen MR) is 80.2 cm³/mol. The first-order valence-electron chi connectivity index (χ1n) is 6.93. The summed E-state index contributed by atoms with van der Waals surface area (Å²) in [5.74, 6) is 0.0423. The summed E-state index contributed by atoms with van der Waals surface area (Å²) in [5, 5.41) is 0. The number of amides is 1. The zero-order valence-corrected chi connectivity index (χ0v) is 12.7. The third kappa shape index (κ3) is 4.98. The van der Waals surface area contributed by atoms with Crippen LogP contribution in [0.1, 0.15) is 30.6 Å². The summed E-state index contributed by atoms with van der Waals surface area (Å²) in [5.41, 5.74) is 6.72. The second kappa shape index (κ2) is 8.14. The van der Waals surface area contributed by atoms with Crippen LogP contribution in [0.25, 0.3) is 0 Å². The van der Waals surface area contributed by atoms with Crippen LogP contribution in [0.5, 0.6) is 5.75 Å². The van der Waals surface area contributed by atoms with Crippen LogP contribution >= 0.6 is 0 Å². The van der Waals surface area contributed by atoms with E-state index in [1.807, 2.05) is 6.92 Å². The summed E-state index contributed by atoms with van der Waals surface area (Å²) in [7, 11) is 1.63. The van der Waals surface area contributed by atoms with Crippen LogP contribution in [0.4, 0.5) is 5.69 Å². The highest BCUT2D eigenvalue weighted by Crippen LogP contribution is 2.23. The Morgan fingerprint density at radius 3 is 2.52 bits per heavy atom. The van der Waals surface area contributed by atoms with Crippen LogP contribution in [-0.2, 0) is 9.53 Å². The minimum absolute atomic E-state index is 0.169. The molecule has 6 nitrogen and oxygen atoms in total. The first kappa shape index (κ1) is 16.8. The van der Waals surface area contributed by atoms with Crippen molar-refractivity contribution in [3.8, 4) is 5.75 Å². The van der Waals surface area contributed by atoms with Gasteiger partial charge in [-0.3, -0.25) is 9.59 Å². The highest BCUT2D eigenvalue weighted by Gasteiger charge is 2.15. The molecule has 0 bridgehead atoms. The standard InChI is InChI=1S/C15H22N2O4/c1-4-20-13-7-6-11(10-12(13)16)15(19)17(3)9-8-14(18)21-5-2/h6-7,10H,4-5,8-9,16H2,1-3H3. The van der Waals surface area contributed by atoms with Crippen LogP contribution < -0.4 is 10.5 Å². The van der Waals surface area contributed by atoms with Gasteiger partial charge in [-0.2, -0.15) is 0 Å². The Morgan fingerprint density at radius 2 is 1.95 bits per heavy atom. The van der Waals surface area contributed by atoms with Crippen molar-refractivity contribution in [3.63, 3.8) is 0 Å². The Kier molecular flexibility index (Phi) is 6.52. The first-order valence-corrected chi connectivity index (χ1v) is 6.93. The van der Waals surface area contributed by atoms with Crippen molar-refractivity contribution in [1.82, 2.24) is 4.90 Å². The molecule has 0 aliphatic heterocycles. The molecule has 1 rings (SSSR count). The Morgan fingerprint density at radius 1 is 1.24 bits per heavy atom. The van der Waals surface area contributed by atoms with E-state index in [4.69, 9.17) is 15.2 Å². The molecule has 2 N–H and O–H groups in total. The predicted octanol–water partition coefficient (Wildman–Crippen LogP) is 1.69. The SMILES string of the molecule is CCOC(=O)CCN(C)C(=O)c1ccc(OCC)c(N)c1. The molecule has 0 atom stereocenters. The molecule has 0 saturated carbocycles. The van der Waals surface area contributed by atoms with E-state index in [1.54, 1.807) is 32.2 Å². The number of carbonyl (C=O) groups excluding carboxylic acids is 2. The average molecular weight is 294 g/mol. The molecule has 0 fully saturated rings. The summed E-state index contributed by atoms with van der Waals surface area (Å²) in [6, 6.07) is 4.91. The van der Waals surface area contributed by atoms with Gasteiger partial charge in [0.2, 0.25) is 0 Å². The quantitative estimate of drug-likeness (QED) is 0.611. The number of esters is 1. The minimum atomic E-state index is -0.316. The maximum Gasteiger partial charge on any atom is 0.307 e. The highest BCUT2D eigenvalue weighted by molar-refractivity contribution is 5.95. The lowest BCUT2D eigenvalue weighted by Crippen LogP contribution is -2.29. The monoisotopic (exact) mass is 294 g/mol. The van der Waals surface area contributed by atoms with Gasteiger partial charge in [-0.05, 0) is 32.0 Å². The number of carbonyl (C=O) groups is 2. The fourth-order valence-electron chi connectivity index (χ4n) is 1.78. The fraction of sp³-hybridized carbons (Fsp3) is 0.467. The Balaban J connectivity index is 2.65. The molecule has 0 spiro atoms. The molecule has 21 heavy (non-hydrogen) atoms. The Hall–Kier alpha value is -2.24. The summed E-state index contributed by atoms with van der Waals surface area (Å²) in [6.07, 6.45) is 0.169. The van der Waals surface area contributed by atoms with Gasteiger partial charge in [0.25, 0.3) is 5.91 Å². The highest BCUT2D eigenvalue weighted by atomic mass is 16.5. The van der Waals surface area contributed by atoms with Gasteiger partial charge < -0.3 is 20.1 Å². The maximum absolute atomic E-state index is 12.2. The molecule has 1 aromatic rings. The molecule has 0 aromatic heterocycles. The van der Waals surface area contributed by atoms with Crippen LogP contribution in [0.15, 0.2) is 18.2 Å². The summed E-state index contributed by atoms with van der Waals surface area (Å²) in [6.45, 7) is 4.75. The smallest absolute Gasteiger partial charge is 0.307 e. The molecule has 0 saturated heterocycles. The second-order valence-electron chi connectivity index (χ2n) is 4.47. The van der Waals surface area contributed by atoms with Gasteiger partial charge in [-0.25, -0.2) is 0 Å². The maximum atomic E-state index is 12.2. The normalized spacial score (nSPS) is 10.0. The summed E-state index contributed by atoms with van der Waals surface area (Å²) < 4.78 is 10.2. The zero-order chi connectivity index (χ0) is 15.8. The Bertz CT molecular complexity index is 502. The van der Waals surface area contributed by atoms with Gasteiger partial charge in [0.05, 0.1) is 25.3 Å². The minimum Gasteiger partial charge on any atom is -0.492 e. The van der Waals surface area contributed by atoms with E-state index < -0.39 is 0 Å². The molecule has 0 radical (unpaired) electrons. The van der Waals surface area contributed by atoms with Gasteiger partial charge in [-0.15, -0.1) is 0 Å². The lowest BCUT2D eigenvalue weighted by atomic mass is 10.1. The van der Waals surface area contributed by atoms with E-state index in [0.717, 1.165) is 0 Å². The number of hydrogen-bond acceptors (Lipinski definition) is 5. The molecule has 116 valence electrons. The van der Waals surface area contributed by atoms with Crippen molar-refractivity contribution >= 4 is 17.6 Å². The molecule has 1 aromatic carbocycles. The number of nitrogen functional groups attached to an aromatic ring is 1. The molecule has 0 aliphatic carbocycles. The lowest BCUT2D eigenvalue weighted by molar-refractivity contribution is -0.143. The largest absolute Gasteiger partial charge is 0.492 e. The van der Waals surface area contributed by atoms with E-state index in [9.17, 15) is 9.59 Å². The van der Waals surface area contributed by atoms with Crippen molar-refractivity contribution in [2.75, 3.05) is 32.5 Å². The number of anilines is 1. The van der Waals surface area contributed by atoms with E-state index in [2.05, 4.69) is 0 Å². The average Bonchev–Trinajstić information content (AvgIpc) is 2.46. The Labute approximate surface area is 124 Å². The van der Waals surface area contributed by atoms with E-state index in [1.165, 1.54) is 4.90 Å². The number of ether oxygens (including phenoxy) is 2. The number of nitrogens with two attached hydrogens (primary N) is 1. The van der Waals surface area contributed by atoms with Crippen LogP contribution in [0.2, 0.25) is 0 Å². The molecular weight excluding hydrogens is 272 g/mol. The molecule has 0 unspecified atom stereocenters. The fourth-order valence-corrected chi connectivity index (χ4v) is 1.78. The topological polar surface area (TPSA) is 81.9 Å². The number of hydrogen-bond donors (Lipinski definition) is 1. The lowest BCUT2D eigenvalue weighted by Gasteiger charge is -2.17. The van der Waals surface area contributed by atoms with Gasteiger partial charge in [0, 0.05) is 19.2 Å². The number of nitrogens with zero attached hydrogens (tertiary/aromatic N) is 1. The van der Waals surface area contributed by atoms with Crippen molar-refractivity contribution in [2.45, 2.75) is 20.3 Å². The van der Waals surface area contributed by atoms with Gasteiger partial charge >= 0.3 is 5.97 Å². The van der Waals surface area contributed by atoms with Crippen LogP contribution in [-0.4, -0.2) is 43.6 Å². The van der Waals surface area contributed by atoms with Gasteiger partial charge in [0.1, 0.15) is 5.75 Å². The van der Waals surface area contributed by atoms with Crippen molar-refractivity contribution in [3.05, 3.63) is 23.8 Å². The van der Waals surface area contributed by atoms with E-state index in [-0.39, 0.29) is 18.3 Å². The van der Waals surface area contributed by atoms with E-state index in [0.29, 0.717) is 36.8 Å². The van der Waals surface area contributed by atoms with Gasteiger partial charge in [-0.1, -0.05) is 0 Å². The van der Waals surface area contributed by atoms with Crippen molar-refractivity contribution in [1.29, 1.82) is 0 Å². The molecule has 6 heteroatoms.